The van der Waals surface area contributed by atoms with E-state index in [1.165, 1.54) is 0 Å². The van der Waals surface area contributed by atoms with Crippen LogP contribution in [0.25, 0.3) is 0 Å². The molecule has 1 atom stereocenters. The van der Waals surface area contributed by atoms with E-state index in [1.807, 2.05) is 42.6 Å². The largest absolute Gasteiger partial charge is 0.354 e. The van der Waals surface area contributed by atoms with Crippen LogP contribution in [-0.4, -0.2) is 34.3 Å². The van der Waals surface area contributed by atoms with Crippen molar-refractivity contribution in [2.45, 2.75) is 38.8 Å². The van der Waals surface area contributed by atoms with Crippen LogP contribution in [0.1, 0.15) is 29.1 Å². The van der Waals surface area contributed by atoms with E-state index in [4.69, 9.17) is 0 Å². The Bertz CT molecular complexity index is 714. The molecule has 2 amide bonds. The average Bonchev–Trinajstić information content (AvgIpc) is 3.15. The molecule has 126 valence electrons. The number of likely N-dealkylation sites (tertiary alicyclic amines) is 1. The van der Waals surface area contributed by atoms with E-state index in [1.54, 1.807) is 16.2 Å². The van der Waals surface area contributed by atoms with Crippen LogP contribution < -0.4 is 5.32 Å². The highest BCUT2D eigenvalue weighted by molar-refractivity contribution is 7.09. The Labute approximate surface area is 145 Å². The minimum Gasteiger partial charge on any atom is -0.354 e. The number of amides is 2. The first-order valence-electron chi connectivity index (χ1n) is 8.15. The zero-order valence-electron chi connectivity index (χ0n) is 13.7. The molecule has 1 N–H and O–H groups in total. The van der Waals surface area contributed by atoms with Crippen molar-refractivity contribution in [2.75, 3.05) is 6.54 Å². The Morgan fingerprint density at radius 1 is 1.38 bits per heavy atom. The molecule has 0 saturated carbocycles. The van der Waals surface area contributed by atoms with Gasteiger partial charge in [0.2, 0.25) is 11.8 Å². The number of rotatable bonds is 6. The summed E-state index contributed by atoms with van der Waals surface area (Å²) in [5.41, 5.74) is 2.05. The molecule has 1 saturated heterocycles. The summed E-state index contributed by atoms with van der Waals surface area (Å²) in [5.74, 6) is -0.0159. The zero-order chi connectivity index (χ0) is 16.9. The summed E-state index contributed by atoms with van der Waals surface area (Å²) in [7, 11) is 0. The third-order valence-electron chi connectivity index (χ3n) is 4.17. The van der Waals surface area contributed by atoms with E-state index in [2.05, 4.69) is 10.3 Å². The molecule has 0 aliphatic carbocycles. The number of hydrogen-bond acceptors (Lipinski definition) is 4. The van der Waals surface area contributed by atoms with Crippen molar-refractivity contribution in [1.82, 2.24) is 15.2 Å². The fourth-order valence-electron chi connectivity index (χ4n) is 2.94. The van der Waals surface area contributed by atoms with Gasteiger partial charge in [0.1, 0.15) is 6.04 Å². The third-order valence-corrected chi connectivity index (χ3v) is 5.00. The fourth-order valence-corrected chi connectivity index (χ4v) is 3.59. The number of benzene rings is 1. The highest BCUT2D eigenvalue weighted by Gasteiger charge is 2.35. The van der Waals surface area contributed by atoms with Gasteiger partial charge in [-0.15, -0.1) is 11.3 Å². The molecule has 1 aliphatic heterocycles. The second-order valence-electron chi connectivity index (χ2n) is 5.96. The second kappa shape index (κ2) is 7.57. The molecular formula is C18H21N3O2S. The molecule has 6 heteroatoms. The molecule has 1 unspecified atom stereocenters. The van der Waals surface area contributed by atoms with E-state index in [0.717, 1.165) is 22.7 Å². The molecule has 1 fully saturated rings. The van der Waals surface area contributed by atoms with Gasteiger partial charge in [-0.2, -0.15) is 0 Å². The van der Waals surface area contributed by atoms with Gasteiger partial charge in [-0.3, -0.25) is 9.59 Å². The van der Waals surface area contributed by atoms with Crippen molar-refractivity contribution in [3.05, 3.63) is 52.0 Å². The zero-order valence-corrected chi connectivity index (χ0v) is 14.5. The highest BCUT2D eigenvalue weighted by atomic mass is 32.1. The van der Waals surface area contributed by atoms with E-state index in [0.29, 0.717) is 25.9 Å². The molecule has 3 rings (SSSR count). The van der Waals surface area contributed by atoms with Crippen LogP contribution in [0.5, 0.6) is 0 Å². The Kier molecular flexibility index (Phi) is 5.25. The third kappa shape index (κ3) is 4.00. The average molecular weight is 343 g/mol. The van der Waals surface area contributed by atoms with Crippen LogP contribution in [0.4, 0.5) is 0 Å². The van der Waals surface area contributed by atoms with Gasteiger partial charge in [-0.25, -0.2) is 4.98 Å². The van der Waals surface area contributed by atoms with Crippen LogP contribution in [0.15, 0.2) is 35.7 Å². The second-order valence-corrected chi connectivity index (χ2v) is 7.02. The summed E-state index contributed by atoms with van der Waals surface area (Å²) < 4.78 is 0. The molecule has 1 aromatic carbocycles. The van der Waals surface area contributed by atoms with Crippen molar-refractivity contribution in [1.29, 1.82) is 0 Å². The Morgan fingerprint density at radius 3 is 2.88 bits per heavy atom. The van der Waals surface area contributed by atoms with Gasteiger partial charge in [-0.1, -0.05) is 30.3 Å². The molecule has 24 heavy (non-hydrogen) atoms. The summed E-state index contributed by atoms with van der Waals surface area (Å²) >= 11 is 1.61. The number of thiazole rings is 1. The summed E-state index contributed by atoms with van der Waals surface area (Å²) in [6.07, 6.45) is 1.75. The standard InChI is InChI=1S/C18H21N3O2S/c1-13-20-15(12-24-13)9-10-19-18(23)16-7-8-17(22)21(16)11-14-5-3-2-4-6-14/h2-6,12,16H,7-11H2,1H3,(H,19,23). The normalized spacial score (nSPS) is 17.3. The lowest BCUT2D eigenvalue weighted by Gasteiger charge is -2.24. The predicted molar refractivity (Wildman–Crippen MR) is 93.6 cm³/mol. The van der Waals surface area contributed by atoms with Crippen molar-refractivity contribution < 1.29 is 9.59 Å². The Hall–Kier alpha value is -2.21. The van der Waals surface area contributed by atoms with Gasteiger partial charge in [0.15, 0.2) is 0 Å². The van der Waals surface area contributed by atoms with Gasteiger partial charge in [-0.05, 0) is 18.9 Å². The Morgan fingerprint density at radius 2 is 2.17 bits per heavy atom. The quantitative estimate of drug-likeness (QED) is 0.875. The number of carbonyl (C=O) groups excluding carboxylic acids is 2. The van der Waals surface area contributed by atoms with Gasteiger partial charge < -0.3 is 10.2 Å². The van der Waals surface area contributed by atoms with Gasteiger partial charge in [0.05, 0.1) is 10.7 Å². The van der Waals surface area contributed by atoms with Gasteiger partial charge in [0.25, 0.3) is 0 Å². The maximum atomic E-state index is 12.5. The first-order chi connectivity index (χ1) is 11.6. The Balaban J connectivity index is 1.55. The predicted octanol–water partition coefficient (Wildman–Crippen LogP) is 2.30. The molecule has 5 nitrogen and oxygen atoms in total. The highest BCUT2D eigenvalue weighted by Crippen LogP contribution is 2.21. The molecular weight excluding hydrogens is 322 g/mol. The van der Waals surface area contributed by atoms with E-state index >= 15 is 0 Å². The first kappa shape index (κ1) is 16.6. The molecule has 0 radical (unpaired) electrons. The number of nitrogens with zero attached hydrogens (tertiary/aromatic N) is 2. The van der Waals surface area contributed by atoms with Gasteiger partial charge in [0, 0.05) is 31.3 Å². The summed E-state index contributed by atoms with van der Waals surface area (Å²) in [6.45, 7) is 3.01. The van der Waals surface area contributed by atoms with Crippen LogP contribution >= 0.6 is 11.3 Å². The lowest BCUT2D eigenvalue weighted by molar-refractivity contribution is -0.135. The number of aromatic nitrogens is 1. The van der Waals surface area contributed by atoms with Crippen molar-refractivity contribution in [3.8, 4) is 0 Å². The van der Waals surface area contributed by atoms with E-state index < -0.39 is 0 Å². The van der Waals surface area contributed by atoms with Crippen LogP contribution in [-0.2, 0) is 22.6 Å². The van der Waals surface area contributed by atoms with Crippen molar-refractivity contribution in [3.63, 3.8) is 0 Å². The van der Waals surface area contributed by atoms with Gasteiger partial charge >= 0.3 is 0 Å². The minimum absolute atomic E-state index is 0.0501. The van der Waals surface area contributed by atoms with Crippen LogP contribution in [0.2, 0.25) is 0 Å². The first-order valence-corrected chi connectivity index (χ1v) is 9.03. The monoisotopic (exact) mass is 343 g/mol. The fraction of sp³-hybridized carbons (Fsp3) is 0.389. The molecule has 0 spiro atoms. The summed E-state index contributed by atoms with van der Waals surface area (Å²) in [5, 5.41) is 6.00. The molecule has 1 aromatic heterocycles. The summed E-state index contributed by atoms with van der Waals surface area (Å²) in [6, 6.07) is 9.42. The SMILES string of the molecule is Cc1nc(CCNC(=O)C2CCC(=O)N2Cc2ccccc2)cs1. The number of aryl methyl sites for hydroxylation is 1. The minimum atomic E-state index is -0.366. The lowest BCUT2D eigenvalue weighted by Crippen LogP contribution is -2.44. The number of nitrogens with one attached hydrogen (secondary N) is 1. The maximum Gasteiger partial charge on any atom is 0.242 e. The number of carbonyl (C=O) groups is 2. The maximum absolute atomic E-state index is 12.5. The molecule has 2 aromatic rings. The molecule has 0 bridgehead atoms. The van der Waals surface area contributed by atoms with E-state index in [9.17, 15) is 9.59 Å². The number of hydrogen-bond donors (Lipinski definition) is 1. The van der Waals surface area contributed by atoms with Crippen LogP contribution in [0.3, 0.4) is 0 Å². The van der Waals surface area contributed by atoms with E-state index in [-0.39, 0.29) is 17.9 Å². The topological polar surface area (TPSA) is 62.3 Å². The smallest absolute Gasteiger partial charge is 0.242 e. The lowest BCUT2D eigenvalue weighted by atomic mass is 10.1. The molecule has 1 aliphatic rings. The summed E-state index contributed by atoms with van der Waals surface area (Å²) in [4.78, 5) is 30.7. The van der Waals surface area contributed by atoms with Crippen LogP contribution in [0, 0.1) is 6.92 Å². The van der Waals surface area contributed by atoms with Crippen molar-refractivity contribution >= 4 is 23.2 Å². The van der Waals surface area contributed by atoms with Crippen molar-refractivity contribution in [2.24, 2.45) is 0 Å². The molecule has 2 heterocycles.